The van der Waals surface area contributed by atoms with Crippen molar-refractivity contribution in [1.82, 2.24) is 9.88 Å². The minimum atomic E-state index is 0.242. The van der Waals surface area contributed by atoms with Gasteiger partial charge in [0.1, 0.15) is 5.75 Å². The highest BCUT2D eigenvalue weighted by Crippen LogP contribution is 2.17. The van der Waals surface area contributed by atoms with Gasteiger partial charge >= 0.3 is 0 Å². The molecule has 1 aliphatic heterocycles. The van der Waals surface area contributed by atoms with Crippen LogP contribution in [0, 0.1) is 5.92 Å². The monoisotopic (exact) mass is 206 g/mol. The molecule has 0 atom stereocenters. The summed E-state index contributed by atoms with van der Waals surface area (Å²) in [6, 6.07) is 3.60. The van der Waals surface area contributed by atoms with Gasteiger partial charge in [-0.3, -0.25) is 9.88 Å². The molecule has 0 spiro atoms. The number of aromatic nitrogens is 1. The number of likely N-dealkylation sites (tertiary alicyclic amines) is 1. The lowest BCUT2D eigenvalue weighted by molar-refractivity contribution is 0.183. The fraction of sp³-hybridized carbons (Fsp3) is 0.583. The van der Waals surface area contributed by atoms with E-state index < -0.39 is 0 Å². The highest BCUT2D eigenvalue weighted by molar-refractivity contribution is 5.17. The van der Waals surface area contributed by atoms with Gasteiger partial charge in [-0.05, 0) is 44.0 Å². The highest BCUT2D eigenvalue weighted by atomic mass is 16.3. The van der Waals surface area contributed by atoms with Crippen LogP contribution in [0.4, 0.5) is 0 Å². The van der Waals surface area contributed by atoms with Crippen molar-refractivity contribution in [2.24, 2.45) is 5.92 Å². The predicted octanol–water partition coefficient (Wildman–Crippen LogP) is 2.02. The Morgan fingerprint density at radius 2 is 2.13 bits per heavy atom. The van der Waals surface area contributed by atoms with Crippen LogP contribution in [0.25, 0.3) is 0 Å². The molecule has 0 amide bonds. The Morgan fingerprint density at radius 3 is 2.73 bits per heavy atom. The molecule has 0 aliphatic carbocycles. The molecule has 1 aromatic heterocycles. The summed E-state index contributed by atoms with van der Waals surface area (Å²) in [5.41, 5.74) is 1.04. The van der Waals surface area contributed by atoms with Crippen molar-refractivity contribution in [2.75, 3.05) is 13.1 Å². The van der Waals surface area contributed by atoms with Crippen LogP contribution in [0.5, 0.6) is 5.75 Å². The molecule has 0 bridgehead atoms. The largest absolute Gasteiger partial charge is 0.506 e. The summed E-state index contributed by atoms with van der Waals surface area (Å²) in [6.45, 7) is 5.57. The van der Waals surface area contributed by atoms with Gasteiger partial charge in [-0.15, -0.1) is 0 Å². The van der Waals surface area contributed by atoms with Crippen LogP contribution in [0.3, 0.4) is 0 Å². The normalized spacial score (nSPS) is 19.3. The maximum atomic E-state index is 9.12. The summed E-state index contributed by atoms with van der Waals surface area (Å²) < 4.78 is 0. The van der Waals surface area contributed by atoms with E-state index in [4.69, 9.17) is 5.11 Å². The molecular formula is C12H18N2O. The van der Waals surface area contributed by atoms with E-state index in [1.165, 1.54) is 32.1 Å². The molecule has 0 unspecified atom stereocenters. The quantitative estimate of drug-likeness (QED) is 0.804. The molecule has 1 saturated heterocycles. The van der Waals surface area contributed by atoms with Crippen molar-refractivity contribution in [1.29, 1.82) is 0 Å². The smallest absolute Gasteiger partial charge is 0.133 e. The van der Waals surface area contributed by atoms with Crippen LogP contribution < -0.4 is 0 Å². The van der Waals surface area contributed by atoms with Crippen LogP contribution in [-0.4, -0.2) is 28.1 Å². The number of rotatable bonds is 2. The number of pyridine rings is 1. The van der Waals surface area contributed by atoms with Gasteiger partial charge in [0.2, 0.25) is 0 Å². The Bertz CT molecular complexity index is 302. The van der Waals surface area contributed by atoms with Gasteiger partial charge in [0.05, 0.1) is 11.9 Å². The zero-order valence-corrected chi connectivity index (χ0v) is 9.19. The van der Waals surface area contributed by atoms with E-state index in [2.05, 4.69) is 16.8 Å². The van der Waals surface area contributed by atoms with Crippen molar-refractivity contribution in [3.8, 4) is 5.75 Å². The molecule has 2 rings (SSSR count). The number of aromatic hydroxyl groups is 1. The van der Waals surface area contributed by atoms with Crippen LogP contribution in [-0.2, 0) is 6.54 Å². The van der Waals surface area contributed by atoms with Gasteiger partial charge in [-0.25, -0.2) is 0 Å². The van der Waals surface area contributed by atoms with E-state index in [1.807, 2.05) is 6.07 Å². The first-order valence-corrected chi connectivity index (χ1v) is 5.60. The molecule has 1 aliphatic rings. The first-order chi connectivity index (χ1) is 7.24. The minimum absolute atomic E-state index is 0.242. The number of piperidine rings is 1. The van der Waals surface area contributed by atoms with Gasteiger partial charge in [-0.2, -0.15) is 0 Å². The van der Waals surface area contributed by atoms with Crippen molar-refractivity contribution in [2.45, 2.75) is 26.3 Å². The van der Waals surface area contributed by atoms with Crippen LogP contribution in [0.2, 0.25) is 0 Å². The van der Waals surface area contributed by atoms with Crippen LogP contribution in [0.1, 0.15) is 25.5 Å². The molecule has 3 heteroatoms. The molecule has 1 N–H and O–H groups in total. The molecule has 2 heterocycles. The second-order valence-electron chi connectivity index (χ2n) is 4.47. The SMILES string of the molecule is CC1CCN(Cc2ccc(O)cn2)CC1. The van der Waals surface area contributed by atoms with Crippen LogP contribution >= 0.6 is 0 Å². The van der Waals surface area contributed by atoms with E-state index in [1.54, 1.807) is 6.07 Å². The molecule has 1 aromatic rings. The number of hydrogen-bond donors (Lipinski definition) is 1. The summed E-state index contributed by atoms with van der Waals surface area (Å²) in [4.78, 5) is 6.63. The Morgan fingerprint density at radius 1 is 1.40 bits per heavy atom. The van der Waals surface area contributed by atoms with E-state index in [9.17, 15) is 0 Å². The second kappa shape index (κ2) is 4.62. The van der Waals surface area contributed by atoms with E-state index in [0.29, 0.717) is 0 Å². The van der Waals surface area contributed by atoms with Crippen molar-refractivity contribution in [3.63, 3.8) is 0 Å². The number of nitrogens with zero attached hydrogens (tertiary/aromatic N) is 2. The van der Waals surface area contributed by atoms with Gasteiger partial charge < -0.3 is 5.11 Å². The Balaban J connectivity index is 1.89. The van der Waals surface area contributed by atoms with Gasteiger partial charge in [0.25, 0.3) is 0 Å². The molecule has 0 saturated carbocycles. The van der Waals surface area contributed by atoms with Crippen LogP contribution in [0.15, 0.2) is 18.3 Å². The Hall–Kier alpha value is -1.09. The van der Waals surface area contributed by atoms with Gasteiger partial charge in [0, 0.05) is 6.54 Å². The highest BCUT2D eigenvalue weighted by Gasteiger charge is 2.15. The third-order valence-electron chi connectivity index (χ3n) is 3.07. The van der Waals surface area contributed by atoms with E-state index in [0.717, 1.165) is 18.2 Å². The van der Waals surface area contributed by atoms with E-state index >= 15 is 0 Å². The Kier molecular flexibility index (Phi) is 3.21. The topological polar surface area (TPSA) is 36.4 Å². The molecule has 82 valence electrons. The molecule has 1 fully saturated rings. The maximum Gasteiger partial charge on any atom is 0.133 e. The van der Waals surface area contributed by atoms with Gasteiger partial charge in [0.15, 0.2) is 0 Å². The molecular weight excluding hydrogens is 188 g/mol. The lowest BCUT2D eigenvalue weighted by Gasteiger charge is -2.29. The van der Waals surface area contributed by atoms with Crippen molar-refractivity contribution < 1.29 is 5.11 Å². The lowest BCUT2D eigenvalue weighted by Crippen LogP contribution is -2.32. The fourth-order valence-electron chi connectivity index (χ4n) is 1.96. The summed E-state index contributed by atoms with van der Waals surface area (Å²) in [6.07, 6.45) is 4.10. The standard InChI is InChI=1S/C12H18N2O/c1-10-4-6-14(7-5-10)9-11-2-3-12(15)8-13-11/h2-3,8,10,15H,4-7,9H2,1H3. The Labute approximate surface area is 90.8 Å². The third-order valence-corrected chi connectivity index (χ3v) is 3.07. The van der Waals surface area contributed by atoms with Crippen molar-refractivity contribution in [3.05, 3.63) is 24.0 Å². The van der Waals surface area contributed by atoms with E-state index in [-0.39, 0.29) is 5.75 Å². The summed E-state index contributed by atoms with van der Waals surface area (Å²) in [7, 11) is 0. The second-order valence-corrected chi connectivity index (χ2v) is 4.47. The fourth-order valence-corrected chi connectivity index (χ4v) is 1.96. The molecule has 15 heavy (non-hydrogen) atoms. The average molecular weight is 206 g/mol. The zero-order chi connectivity index (χ0) is 10.7. The maximum absolute atomic E-state index is 9.12. The zero-order valence-electron chi connectivity index (χ0n) is 9.19. The lowest BCUT2D eigenvalue weighted by atomic mass is 9.99. The van der Waals surface area contributed by atoms with Gasteiger partial charge in [-0.1, -0.05) is 6.92 Å². The summed E-state index contributed by atoms with van der Waals surface area (Å²) in [5, 5.41) is 9.12. The minimum Gasteiger partial charge on any atom is -0.506 e. The average Bonchev–Trinajstić information content (AvgIpc) is 2.25. The predicted molar refractivity (Wildman–Crippen MR) is 59.6 cm³/mol. The van der Waals surface area contributed by atoms with Crippen molar-refractivity contribution >= 4 is 0 Å². The number of hydrogen-bond acceptors (Lipinski definition) is 3. The molecule has 3 nitrogen and oxygen atoms in total. The molecule has 0 radical (unpaired) electrons. The summed E-state index contributed by atoms with van der Waals surface area (Å²) in [5.74, 6) is 1.11. The molecule has 0 aromatic carbocycles. The first kappa shape index (κ1) is 10.4. The third kappa shape index (κ3) is 2.93. The summed E-state index contributed by atoms with van der Waals surface area (Å²) >= 11 is 0. The first-order valence-electron chi connectivity index (χ1n) is 5.60.